The molecule has 10 heteroatoms. The molecule has 2 heterocycles. The van der Waals surface area contributed by atoms with Gasteiger partial charge in [0.15, 0.2) is 0 Å². The lowest BCUT2D eigenvalue weighted by Crippen LogP contribution is -2.41. The molecule has 2 aromatic carbocycles. The van der Waals surface area contributed by atoms with Crippen molar-refractivity contribution in [1.82, 2.24) is 3.97 Å². The SMILES string of the molecule is COC(=O)[C@@]1(Cc2cn(S(=O)(=O)c3ccccc3)c3ccc(OC)cc23)COC(OC)=N1. The number of fused-ring (bicyclic) bond motifs is 1. The highest BCUT2D eigenvalue weighted by Gasteiger charge is 2.47. The van der Waals surface area contributed by atoms with Crippen LogP contribution in [0.2, 0.25) is 0 Å². The number of hydrogen-bond donors (Lipinski definition) is 0. The van der Waals surface area contributed by atoms with Crippen LogP contribution in [0.5, 0.6) is 5.75 Å². The summed E-state index contributed by atoms with van der Waals surface area (Å²) in [5, 5.41) is 0.605. The van der Waals surface area contributed by atoms with Gasteiger partial charge in [0, 0.05) is 18.0 Å². The Kier molecular flexibility index (Phi) is 5.55. The molecule has 1 aliphatic heterocycles. The van der Waals surface area contributed by atoms with Gasteiger partial charge >= 0.3 is 12.1 Å². The fourth-order valence-corrected chi connectivity index (χ4v) is 5.13. The van der Waals surface area contributed by atoms with Gasteiger partial charge in [-0.15, -0.1) is 0 Å². The molecule has 9 nitrogen and oxygen atoms in total. The topological polar surface area (TPSA) is 105 Å². The minimum Gasteiger partial charge on any atom is -0.497 e. The van der Waals surface area contributed by atoms with Gasteiger partial charge in [-0.1, -0.05) is 18.2 Å². The first kappa shape index (κ1) is 21.7. The Bertz CT molecular complexity index is 1300. The Hall–Kier alpha value is -3.53. The lowest BCUT2D eigenvalue weighted by molar-refractivity contribution is -0.147. The molecule has 1 aliphatic rings. The first-order valence-corrected chi connectivity index (χ1v) is 11.1. The molecule has 0 aliphatic carbocycles. The van der Waals surface area contributed by atoms with Gasteiger partial charge in [-0.25, -0.2) is 17.2 Å². The van der Waals surface area contributed by atoms with Crippen LogP contribution < -0.4 is 4.74 Å². The van der Waals surface area contributed by atoms with Crippen LogP contribution in [-0.4, -0.2) is 57.9 Å². The molecule has 0 amide bonds. The quantitative estimate of drug-likeness (QED) is 0.522. The van der Waals surface area contributed by atoms with Crippen molar-refractivity contribution in [3.63, 3.8) is 0 Å². The van der Waals surface area contributed by atoms with Crippen molar-refractivity contribution in [2.75, 3.05) is 27.9 Å². The third-order valence-electron chi connectivity index (χ3n) is 5.32. The van der Waals surface area contributed by atoms with Crippen LogP contribution in [0.1, 0.15) is 5.56 Å². The van der Waals surface area contributed by atoms with Crippen molar-refractivity contribution >= 4 is 33.0 Å². The van der Waals surface area contributed by atoms with Gasteiger partial charge in [0.1, 0.15) is 12.4 Å². The molecule has 1 atom stereocenters. The zero-order chi connectivity index (χ0) is 22.9. The van der Waals surface area contributed by atoms with E-state index in [1.807, 2.05) is 0 Å². The number of aromatic nitrogens is 1. The molecule has 0 spiro atoms. The number of esters is 1. The van der Waals surface area contributed by atoms with Gasteiger partial charge in [0.05, 0.1) is 31.7 Å². The molecule has 0 saturated carbocycles. The molecule has 4 rings (SSSR count). The minimum atomic E-state index is -3.89. The number of carbonyl (C=O) groups excluding carboxylic acids is 1. The molecule has 0 fully saturated rings. The fourth-order valence-electron chi connectivity index (χ4n) is 3.72. The summed E-state index contributed by atoms with van der Waals surface area (Å²) in [6.45, 7) is -0.0923. The van der Waals surface area contributed by atoms with E-state index in [1.54, 1.807) is 36.4 Å². The van der Waals surface area contributed by atoms with Gasteiger partial charge < -0.3 is 18.9 Å². The lowest BCUT2D eigenvalue weighted by Gasteiger charge is -2.20. The largest absolute Gasteiger partial charge is 0.497 e. The highest BCUT2D eigenvalue weighted by molar-refractivity contribution is 7.90. The first-order valence-electron chi connectivity index (χ1n) is 9.68. The van der Waals surface area contributed by atoms with Gasteiger partial charge in [0.2, 0.25) is 5.54 Å². The van der Waals surface area contributed by atoms with Gasteiger partial charge in [-0.05, 0) is 35.9 Å². The van der Waals surface area contributed by atoms with Crippen LogP contribution in [0.15, 0.2) is 64.6 Å². The molecule has 0 bridgehead atoms. The zero-order valence-corrected chi connectivity index (χ0v) is 18.6. The Morgan fingerprint density at radius 2 is 1.88 bits per heavy atom. The van der Waals surface area contributed by atoms with E-state index in [2.05, 4.69) is 4.99 Å². The minimum absolute atomic E-state index is 0.0337. The van der Waals surface area contributed by atoms with Crippen LogP contribution in [0.4, 0.5) is 0 Å². The van der Waals surface area contributed by atoms with Gasteiger partial charge in [0.25, 0.3) is 10.0 Å². The maximum Gasteiger partial charge on any atom is 0.384 e. The number of nitrogens with zero attached hydrogens (tertiary/aromatic N) is 2. The lowest BCUT2D eigenvalue weighted by atomic mass is 9.92. The van der Waals surface area contributed by atoms with Crippen molar-refractivity contribution in [1.29, 1.82) is 0 Å². The average molecular weight is 458 g/mol. The smallest absolute Gasteiger partial charge is 0.384 e. The third kappa shape index (κ3) is 3.56. The molecule has 1 aromatic heterocycles. The summed E-state index contributed by atoms with van der Waals surface area (Å²) in [7, 11) is 0.276. The molecule has 3 aromatic rings. The van der Waals surface area contributed by atoms with Crippen molar-refractivity contribution in [3.8, 4) is 5.75 Å². The molecule has 0 saturated heterocycles. The summed E-state index contributed by atoms with van der Waals surface area (Å²) < 4.78 is 48.7. The van der Waals surface area contributed by atoms with E-state index in [-0.39, 0.29) is 24.0 Å². The molecule has 0 N–H and O–H groups in total. The number of benzene rings is 2. The van der Waals surface area contributed by atoms with E-state index in [0.29, 0.717) is 22.2 Å². The summed E-state index contributed by atoms with van der Waals surface area (Å²) in [5.41, 5.74) is -0.397. The summed E-state index contributed by atoms with van der Waals surface area (Å²) in [6.07, 6.45) is 1.50. The Morgan fingerprint density at radius 1 is 1.12 bits per heavy atom. The Morgan fingerprint density at radius 3 is 2.50 bits per heavy atom. The number of rotatable bonds is 6. The van der Waals surface area contributed by atoms with Crippen molar-refractivity contribution in [3.05, 3.63) is 60.3 Å². The molecular formula is C22H22N2O7S. The van der Waals surface area contributed by atoms with Gasteiger partial charge in [-0.2, -0.15) is 4.99 Å². The standard InChI is InChI=1S/C22H22N2O7S/c1-28-16-9-10-19-18(11-16)15(12-22(20(25)29-2)14-31-21(23-22)30-3)13-24(19)32(26,27)17-7-5-4-6-8-17/h4-11,13H,12,14H2,1-3H3/t22-/m1/s1. The molecular weight excluding hydrogens is 436 g/mol. The Balaban J connectivity index is 1.90. The second-order valence-electron chi connectivity index (χ2n) is 7.22. The zero-order valence-electron chi connectivity index (χ0n) is 17.8. The van der Waals surface area contributed by atoms with Crippen molar-refractivity contribution < 1.29 is 32.2 Å². The highest BCUT2D eigenvalue weighted by atomic mass is 32.2. The van der Waals surface area contributed by atoms with Crippen LogP contribution in [-0.2, 0) is 35.4 Å². The van der Waals surface area contributed by atoms with Crippen LogP contribution in [0, 0.1) is 0 Å². The molecule has 0 unspecified atom stereocenters. The summed E-state index contributed by atoms with van der Waals surface area (Å²) in [6, 6.07) is 13.2. The highest BCUT2D eigenvalue weighted by Crippen LogP contribution is 2.34. The second kappa shape index (κ2) is 8.19. The predicted octanol–water partition coefficient (Wildman–Crippen LogP) is 2.37. The number of hydrogen-bond acceptors (Lipinski definition) is 8. The predicted molar refractivity (Wildman–Crippen MR) is 116 cm³/mol. The number of aliphatic imine (C=N–C) groups is 1. The number of ether oxygens (including phenoxy) is 4. The van der Waals surface area contributed by atoms with E-state index in [4.69, 9.17) is 18.9 Å². The molecule has 32 heavy (non-hydrogen) atoms. The van der Waals surface area contributed by atoms with Gasteiger partial charge in [-0.3, -0.25) is 0 Å². The molecule has 168 valence electrons. The van der Waals surface area contributed by atoms with E-state index >= 15 is 0 Å². The molecule has 0 radical (unpaired) electrons. The monoisotopic (exact) mass is 458 g/mol. The third-order valence-corrected chi connectivity index (χ3v) is 7.01. The maximum atomic E-state index is 13.4. The maximum absolute atomic E-state index is 13.4. The van der Waals surface area contributed by atoms with Crippen molar-refractivity contribution in [2.24, 2.45) is 4.99 Å². The number of methoxy groups -OCH3 is 3. The summed E-state index contributed by atoms with van der Waals surface area (Å²) in [4.78, 5) is 17.1. The van der Waals surface area contributed by atoms with Crippen LogP contribution >= 0.6 is 0 Å². The van der Waals surface area contributed by atoms with Crippen molar-refractivity contribution in [2.45, 2.75) is 16.9 Å². The second-order valence-corrected chi connectivity index (χ2v) is 9.04. The van der Waals surface area contributed by atoms with E-state index < -0.39 is 21.5 Å². The Labute approximate surface area is 185 Å². The average Bonchev–Trinajstić information content (AvgIpc) is 3.41. The van der Waals surface area contributed by atoms with E-state index in [0.717, 1.165) is 0 Å². The van der Waals surface area contributed by atoms with Crippen LogP contribution in [0.25, 0.3) is 10.9 Å². The fraction of sp³-hybridized carbons (Fsp3) is 0.273. The normalized spacial score (nSPS) is 18.2. The summed E-state index contributed by atoms with van der Waals surface area (Å²) >= 11 is 0. The van der Waals surface area contributed by atoms with E-state index in [9.17, 15) is 13.2 Å². The van der Waals surface area contributed by atoms with Crippen LogP contribution in [0.3, 0.4) is 0 Å². The first-order chi connectivity index (χ1) is 15.3. The number of carbonyl (C=O) groups is 1. The summed E-state index contributed by atoms with van der Waals surface area (Å²) in [5.74, 6) is -0.0660. The van der Waals surface area contributed by atoms with E-state index in [1.165, 1.54) is 43.6 Å².